The molecule has 0 unspecified atom stereocenters. The van der Waals surface area contributed by atoms with Crippen molar-refractivity contribution in [2.24, 2.45) is 0 Å². The number of benzene rings is 2. The zero-order valence-electron chi connectivity index (χ0n) is 21.3. The summed E-state index contributed by atoms with van der Waals surface area (Å²) in [6.45, 7) is 16.8. The number of methoxy groups -OCH3 is 2. The predicted octanol–water partition coefficient (Wildman–Crippen LogP) is 8.09. The third-order valence-electron chi connectivity index (χ3n) is 3.21. The van der Waals surface area contributed by atoms with Crippen LogP contribution in [-0.4, -0.2) is 21.3 Å². The van der Waals surface area contributed by atoms with Gasteiger partial charge in [-0.05, 0) is 29.8 Å². The molecule has 0 bridgehead atoms. The van der Waals surface area contributed by atoms with Gasteiger partial charge >= 0.3 is 0 Å². The van der Waals surface area contributed by atoms with Crippen LogP contribution in [-0.2, 0) is 16.1 Å². The van der Waals surface area contributed by atoms with Crippen LogP contribution in [0, 0.1) is 0 Å². The summed E-state index contributed by atoms with van der Waals surface area (Å²) in [5, 5.41) is 3.09. The standard InChI is InChI=1S/C17H21NO3.C3H8.3C2H6/c1-18-15-9-7-13(8-10-15)12-21-16-6-4-5-14(11-16)17(19-2)20-3;1-3-2;3*1-2/h4-11,17-18H,12H2,1-3H3;3H2,1-2H3;3*1-2H3. The molecule has 0 heterocycles. The van der Waals surface area contributed by atoms with Crippen LogP contribution in [0.2, 0.25) is 0 Å². The highest BCUT2D eigenvalue weighted by atomic mass is 16.7. The van der Waals surface area contributed by atoms with Crippen molar-refractivity contribution in [1.29, 1.82) is 0 Å². The summed E-state index contributed by atoms with van der Waals surface area (Å²) in [7, 11) is 5.13. The first-order valence-corrected chi connectivity index (χ1v) is 11.2. The van der Waals surface area contributed by atoms with Gasteiger partial charge in [0.05, 0.1) is 0 Å². The van der Waals surface area contributed by atoms with E-state index in [4.69, 9.17) is 14.2 Å². The minimum absolute atomic E-state index is 0.372. The fraction of sp³-hybridized carbons (Fsp3) is 0.538. The van der Waals surface area contributed by atoms with Gasteiger partial charge in [-0.1, -0.05) is 86.1 Å². The van der Waals surface area contributed by atoms with E-state index in [2.05, 4.69) is 19.2 Å². The topological polar surface area (TPSA) is 39.7 Å². The van der Waals surface area contributed by atoms with Crippen LogP contribution in [0.3, 0.4) is 0 Å². The lowest BCUT2D eigenvalue weighted by atomic mass is 10.2. The number of nitrogens with one attached hydrogen (secondary N) is 1. The quantitative estimate of drug-likeness (QED) is 0.458. The molecule has 0 fully saturated rings. The molecule has 1 N–H and O–H groups in total. The summed E-state index contributed by atoms with van der Waals surface area (Å²) >= 11 is 0. The molecule has 4 nitrogen and oxygen atoms in total. The summed E-state index contributed by atoms with van der Waals surface area (Å²) < 4.78 is 16.3. The fourth-order valence-corrected chi connectivity index (χ4v) is 2.05. The van der Waals surface area contributed by atoms with Gasteiger partial charge in [-0.15, -0.1) is 0 Å². The van der Waals surface area contributed by atoms with Crippen LogP contribution in [0.15, 0.2) is 48.5 Å². The van der Waals surface area contributed by atoms with E-state index in [0.29, 0.717) is 6.61 Å². The lowest BCUT2D eigenvalue weighted by Crippen LogP contribution is -2.04. The zero-order valence-corrected chi connectivity index (χ0v) is 21.3. The molecule has 0 spiro atoms. The van der Waals surface area contributed by atoms with E-state index in [1.807, 2.05) is 97.1 Å². The van der Waals surface area contributed by atoms with Crippen LogP contribution in [0.4, 0.5) is 5.69 Å². The van der Waals surface area contributed by atoms with Crippen molar-refractivity contribution in [3.63, 3.8) is 0 Å². The third-order valence-corrected chi connectivity index (χ3v) is 3.21. The molecule has 0 atom stereocenters. The second-order valence-corrected chi connectivity index (χ2v) is 5.32. The third kappa shape index (κ3) is 14.9. The van der Waals surface area contributed by atoms with Gasteiger partial charge in [0.2, 0.25) is 0 Å². The van der Waals surface area contributed by atoms with Gasteiger partial charge in [-0.2, -0.15) is 0 Å². The summed E-state index contributed by atoms with van der Waals surface area (Å²) in [4.78, 5) is 0. The highest BCUT2D eigenvalue weighted by molar-refractivity contribution is 5.43. The van der Waals surface area contributed by atoms with Crippen molar-refractivity contribution in [3.05, 3.63) is 59.7 Å². The highest BCUT2D eigenvalue weighted by Gasteiger charge is 2.09. The molecule has 2 aromatic carbocycles. The summed E-state index contributed by atoms with van der Waals surface area (Å²) in [5.74, 6) is 0.796. The SMILES string of the molecule is CC.CC.CC.CCC.CNc1ccc(COc2cccc(C(OC)OC)c2)cc1. The zero-order chi connectivity index (χ0) is 23.8. The minimum atomic E-state index is -0.372. The Morgan fingerprint density at radius 2 is 1.30 bits per heavy atom. The van der Waals surface area contributed by atoms with Crippen molar-refractivity contribution < 1.29 is 14.2 Å². The van der Waals surface area contributed by atoms with Gasteiger partial charge in [0.25, 0.3) is 0 Å². The molecule has 4 heteroatoms. The van der Waals surface area contributed by atoms with Crippen molar-refractivity contribution in [1.82, 2.24) is 0 Å². The van der Waals surface area contributed by atoms with Crippen molar-refractivity contribution in [3.8, 4) is 5.75 Å². The molecule has 0 aliphatic carbocycles. The molecule has 174 valence electrons. The van der Waals surface area contributed by atoms with Crippen LogP contribution in [0.5, 0.6) is 5.75 Å². The van der Waals surface area contributed by atoms with E-state index in [1.165, 1.54) is 6.42 Å². The molecule has 2 aromatic rings. The van der Waals surface area contributed by atoms with E-state index in [0.717, 1.165) is 22.6 Å². The molecule has 0 aliphatic rings. The first-order valence-electron chi connectivity index (χ1n) is 11.2. The number of rotatable bonds is 7. The number of anilines is 1. The average Bonchev–Trinajstić information content (AvgIpc) is 2.83. The number of hydrogen-bond acceptors (Lipinski definition) is 4. The lowest BCUT2D eigenvalue weighted by Gasteiger charge is -2.15. The Morgan fingerprint density at radius 3 is 1.73 bits per heavy atom. The maximum absolute atomic E-state index is 5.81. The molecule has 0 amide bonds. The Bertz CT molecular complexity index is 567. The van der Waals surface area contributed by atoms with Gasteiger partial charge < -0.3 is 19.5 Å². The molecule has 0 aliphatic heterocycles. The average molecular weight is 422 g/mol. The van der Waals surface area contributed by atoms with Gasteiger partial charge in [-0.25, -0.2) is 0 Å². The van der Waals surface area contributed by atoms with Crippen LogP contribution >= 0.6 is 0 Å². The first-order chi connectivity index (χ1) is 14.7. The van der Waals surface area contributed by atoms with Crippen LogP contribution < -0.4 is 10.1 Å². The van der Waals surface area contributed by atoms with Crippen LogP contribution in [0.1, 0.15) is 79.2 Å². The largest absolute Gasteiger partial charge is 0.489 e. The van der Waals surface area contributed by atoms with Gasteiger partial charge in [0.1, 0.15) is 12.4 Å². The Kier molecular flexibility index (Phi) is 27.2. The van der Waals surface area contributed by atoms with Crippen molar-refractivity contribution in [2.45, 2.75) is 74.7 Å². The fourth-order valence-electron chi connectivity index (χ4n) is 2.05. The van der Waals surface area contributed by atoms with E-state index < -0.39 is 0 Å². The Morgan fingerprint density at radius 1 is 0.800 bits per heavy atom. The normalized spacial score (nSPS) is 8.67. The monoisotopic (exact) mass is 421 g/mol. The van der Waals surface area contributed by atoms with Gasteiger partial charge in [0.15, 0.2) is 6.29 Å². The Labute approximate surface area is 187 Å². The minimum Gasteiger partial charge on any atom is -0.489 e. The molecule has 0 saturated heterocycles. The second kappa shape index (κ2) is 25.0. The smallest absolute Gasteiger partial charge is 0.183 e. The molecule has 0 aromatic heterocycles. The molecule has 30 heavy (non-hydrogen) atoms. The van der Waals surface area contributed by atoms with E-state index in [-0.39, 0.29) is 6.29 Å². The molecule has 2 rings (SSSR count). The maximum atomic E-state index is 5.81. The molecule has 0 saturated carbocycles. The highest BCUT2D eigenvalue weighted by Crippen LogP contribution is 2.22. The Hall–Kier alpha value is -2.04. The van der Waals surface area contributed by atoms with E-state index >= 15 is 0 Å². The van der Waals surface area contributed by atoms with Crippen molar-refractivity contribution >= 4 is 5.69 Å². The predicted molar refractivity (Wildman–Crippen MR) is 134 cm³/mol. The van der Waals surface area contributed by atoms with Gasteiger partial charge in [0, 0.05) is 32.5 Å². The number of ether oxygens (including phenoxy) is 3. The van der Waals surface area contributed by atoms with Gasteiger partial charge in [-0.3, -0.25) is 0 Å². The van der Waals surface area contributed by atoms with Crippen molar-refractivity contribution in [2.75, 3.05) is 26.6 Å². The summed E-state index contributed by atoms with van der Waals surface area (Å²) in [6.07, 6.45) is 0.878. The number of hydrogen-bond donors (Lipinski definition) is 1. The molecular formula is C26H47NO3. The van der Waals surface area contributed by atoms with E-state index in [1.54, 1.807) is 14.2 Å². The Balaban J connectivity index is -0.000000709. The summed E-state index contributed by atoms with van der Waals surface area (Å²) in [6, 6.07) is 15.9. The second-order valence-electron chi connectivity index (χ2n) is 5.32. The molecule has 0 radical (unpaired) electrons. The van der Waals surface area contributed by atoms with E-state index in [9.17, 15) is 0 Å². The lowest BCUT2D eigenvalue weighted by molar-refractivity contribution is -0.106. The molecular weight excluding hydrogens is 374 g/mol. The van der Waals surface area contributed by atoms with Crippen LogP contribution in [0.25, 0.3) is 0 Å². The first kappa shape index (κ1) is 32.6. The summed E-state index contributed by atoms with van der Waals surface area (Å²) in [5.41, 5.74) is 3.14. The maximum Gasteiger partial charge on any atom is 0.183 e.